The van der Waals surface area contributed by atoms with Crippen LogP contribution in [0.15, 0.2) is 65.5 Å². The van der Waals surface area contributed by atoms with Crippen molar-refractivity contribution in [2.75, 3.05) is 0 Å². The second kappa shape index (κ2) is 5.07. The van der Waals surface area contributed by atoms with Gasteiger partial charge in [0, 0.05) is 23.5 Å². The van der Waals surface area contributed by atoms with Gasteiger partial charge >= 0.3 is 0 Å². The Balaban J connectivity index is 1.82. The van der Waals surface area contributed by atoms with Crippen LogP contribution in [0.5, 0.6) is 0 Å². The Morgan fingerprint density at radius 1 is 0.909 bits per heavy atom. The molecule has 4 nitrogen and oxygen atoms in total. The summed E-state index contributed by atoms with van der Waals surface area (Å²) in [6, 6.07) is 14.2. The first kappa shape index (κ1) is 12.7. The molecular weight excluding hydrogens is 274 g/mol. The number of hydrogen-bond acceptors (Lipinski definition) is 4. The van der Waals surface area contributed by atoms with E-state index >= 15 is 0 Å². The van der Waals surface area contributed by atoms with Crippen LogP contribution in [0.1, 0.15) is 5.69 Å². The summed E-state index contributed by atoms with van der Waals surface area (Å²) in [5, 5.41) is 0. The fourth-order valence-electron chi connectivity index (χ4n) is 2.50. The van der Waals surface area contributed by atoms with E-state index in [9.17, 15) is 0 Å². The number of furan rings is 1. The van der Waals surface area contributed by atoms with Gasteiger partial charge in [0.2, 0.25) is 0 Å². The molecule has 0 saturated carbocycles. The molecule has 0 aliphatic heterocycles. The van der Waals surface area contributed by atoms with Crippen LogP contribution in [-0.4, -0.2) is 15.0 Å². The van der Waals surface area contributed by atoms with Gasteiger partial charge in [0.1, 0.15) is 11.3 Å². The minimum atomic E-state index is 0.651. The average Bonchev–Trinajstić information content (AvgIpc) is 3.05. The first-order valence-electron chi connectivity index (χ1n) is 7.04. The van der Waals surface area contributed by atoms with Crippen molar-refractivity contribution in [3.8, 4) is 22.5 Å². The molecule has 4 aromatic rings. The maximum atomic E-state index is 5.75. The summed E-state index contributed by atoms with van der Waals surface area (Å²) >= 11 is 0. The molecule has 22 heavy (non-hydrogen) atoms. The summed E-state index contributed by atoms with van der Waals surface area (Å²) in [7, 11) is 0. The van der Waals surface area contributed by atoms with E-state index in [0.29, 0.717) is 5.65 Å². The molecule has 1 aromatic carbocycles. The largest absolute Gasteiger partial charge is 0.464 e. The highest BCUT2D eigenvalue weighted by Gasteiger charge is 2.11. The third-order valence-corrected chi connectivity index (χ3v) is 3.62. The zero-order valence-corrected chi connectivity index (χ0v) is 12.0. The van der Waals surface area contributed by atoms with Gasteiger partial charge in [-0.05, 0) is 24.6 Å². The predicted octanol–water partition coefficient (Wildman–Crippen LogP) is 4.26. The maximum Gasteiger partial charge on any atom is 0.178 e. The topological polar surface area (TPSA) is 51.8 Å². The van der Waals surface area contributed by atoms with Crippen molar-refractivity contribution in [3.63, 3.8) is 0 Å². The van der Waals surface area contributed by atoms with Gasteiger partial charge < -0.3 is 4.42 Å². The van der Waals surface area contributed by atoms with Crippen molar-refractivity contribution in [1.29, 1.82) is 0 Å². The molecule has 0 bridgehead atoms. The Bertz CT molecular complexity index is 945. The number of pyridine rings is 1. The Kier molecular flexibility index (Phi) is 2.93. The highest BCUT2D eigenvalue weighted by Crippen LogP contribution is 2.30. The first-order chi connectivity index (χ1) is 10.8. The van der Waals surface area contributed by atoms with Crippen molar-refractivity contribution in [3.05, 3.63) is 66.8 Å². The number of hydrogen-bond donors (Lipinski definition) is 0. The van der Waals surface area contributed by atoms with Crippen molar-refractivity contribution < 1.29 is 4.42 Å². The standard InChI is InChI=1S/C18H13N3O/c1-12-15(10-16-18(21-12)20-8-7-19-16)17-9-14(11-22-17)13-5-3-2-4-6-13/h2-11H,1H3. The van der Waals surface area contributed by atoms with Crippen LogP contribution in [0.3, 0.4) is 0 Å². The monoisotopic (exact) mass is 287 g/mol. The molecule has 3 aromatic heterocycles. The van der Waals surface area contributed by atoms with E-state index in [4.69, 9.17) is 4.42 Å². The van der Waals surface area contributed by atoms with E-state index in [1.807, 2.05) is 37.3 Å². The molecule has 4 heteroatoms. The van der Waals surface area contributed by atoms with Crippen molar-refractivity contribution in [1.82, 2.24) is 15.0 Å². The van der Waals surface area contributed by atoms with Crippen LogP contribution in [0.2, 0.25) is 0 Å². The molecule has 0 aliphatic rings. The third-order valence-electron chi connectivity index (χ3n) is 3.62. The second-order valence-corrected chi connectivity index (χ2v) is 5.09. The SMILES string of the molecule is Cc1nc2nccnc2cc1-c1cc(-c2ccccc2)co1. The molecule has 0 N–H and O–H groups in total. The molecule has 0 saturated heterocycles. The van der Waals surface area contributed by atoms with Crippen LogP contribution in [0.4, 0.5) is 0 Å². The van der Waals surface area contributed by atoms with Gasteiger partial charge in [0.25, 0.3) is 0 Å². The lowest BCUT2D eigenvalue weighted by atomic mass is 10.1. The Morgan fingerprint density at radius 2 is 1.73 bits per heavy atom. The quantitative estimate of drug-likeness (QED) is 0.552. The highest BCUT2D eigenvalue weighted by atomic mass is 16.3. The zero-order chi connectivity index (χ0) is 14.9. The van der Waals surface area contributed by atoms with Gasteiger partial charge in [0.05, 0.1) is 12.0 Å². The van der Waals surface area contributed by atoms with E-state index in [-0.39, 0.29) is 0 Å². The smallest absolute Gasteiger partial charge is 0.178 e. The Labute approximate surface area is 127 Å². The minimum absolute atomic E-state index is 0.651. The summed E-state index contributed by atoms with van der Waals surface area (Å²) in [5.74, 6) is 0.788. The molecule has 0 atom stereocenters. The fourth-order valence-corrected chi connectivity index (χ4v) is 2.50. The van der Waals surface area contributed by atoms with Gasteiger partial charge in [0.15, 0.2) is 5.65 Å². The predicted molar refractivity (Wildman–Crippen MR) is 85.2 cm³/mol. The van der Waals surface area contributed by atoms with E-state index in [1.165, 1.54) is 0 Å². The number of aromatic nitrogens is 3. The van der Waals surface area contributed by atoms with Gasteiger partial charge in [-0.25, -0.2) is 9.97 Å². The molecule has 3 heterocycles. The number of aryl methyl sites for hydroxylation is 1. The Hall–Kier alpha value is -3.01. The van der Waals surface area contributed by atoms with Crippen LogP contribution in [0, 0.1) is 6.92 Å². The van der Waals surface area contributed by atoms with Crippen molar-refractivity contribution >= 4 is 11.2 Å². The highest BCUT2D eigenvalue weighted by molar-refractivity contribution is 5.79. The number of fused-ring (bicyclic) bond motifs is 1. The normalized spacial score (nSPS) is 11.0. The van der Waals surface area contributed by atoms with Crippen LogP contribution in [-0.2, 0) is 0 Å². The molecule has 0 unspecified atom stereocenters. The van der Waals surface area contributed by atoms with E-state index in [0.717, 1.165) is 33.7 Å². The summed E-state index contributed by atoms with van der Waals surface area (Å²) in [5.41, 5.74) is 5.41. The first-order valence-corrected chi connectivity index (χ1v) is 7.04. The lowest BCUT2D eigenvalue weighted by Gasteiger charge is -2.03. The lowest BCUT2D eigenvalue weighted by Crippen LogP contribution is -1.92. The van der Waals surface area contributed by atoms with Gasteiger partial charge in [-0.3, -0.25) is 4.98 Å². The number of rotatable bonds is 2. The second-order valence-electron chi connectivity index (χ2n) is 5.09. The van der Waals surface area contributed by atoms with Crippen molar-refractivity contribution in [2.45, 2.75) is 6.92 Å². The summed E-state index contributed by atoms with van der Waals surface area (Å²) in [6.45, 7) is 1.95. The third kappa shape index (κ3) is 2.15. The molecular formula is C18H13N3O. The number of benzene rings is 1. The van der Waals surface area contributed by atoms with Gasteiger partial charge in [-0.1, -0.05) is 30.3 Å². The maximum absolute atomic E-state index is 5.75. The molecule has 0 amide bonds. The average molecular weight is 287 g/mol. The molecule has 106 valence electrons. The number of nitrogens with zero attached hydrogens (tertiary/aromatic N) is 3. The van der Waals surface area contributed by atoms with E-state index in [1.54, 1.807) is 18.7 Å². The van der Waals surface area contributed by atoms with Gasteiger partial charge in [-0.15, -0.1) is 0 Å². The van der Waals surface area contributed by atoms with E-state index < -0.39 is 0 Å². The molecule has 0 spiro atoms. The summed E-state index contributed by atoms with van der Waals surface area (Å²) < 4.78 is 5.75. The fraction of sp³-hybridized carbons (Fsp3) is 0.0556. The lowest BCUT2D eigenvalue weighted by molar-refractivity contribution is 0.582. The molecule has 0 radical (unpaired) electrons. The molecule has 0 fully saturated rings. The zero-order valence-electron chi connectivity index (χ0n) is 12.0. The molecule has 4 rings (SSSR count). The Morgan fingerprint density at radius 3 is 2.59 bits per heavy atom. The van der Waals surface area contributed by atoms with Crippen LogP contribution >= 0.6 is 0 Å². The summed E-state index contributed by atoms with van der Waals surface area (Å²) in [6.07, 6.45) is 5.08. The van der Waals surface area contributed by atoms with Crippen molar-refractivity contribution in [2.24, 2.45) is 0 Å². The molecule has 0 aliphatic carbocycles. The van der Waals surface area contributed by atoms with E-state index in [2.05, 4.69) is 27.1 Å². The van der Waals surface area contributed by atoms with Gasteiger partial charge in [-0.2, -0.15) is 0 Å². The summed E-state index contributed by atoms with van der Waals surface area (Å²) in [4.78, 5) is 13.0. The van der Waals surface area contributed by atoms with Crippen LogP contribution < -0.4 is 0 Å². The van der Waals surface area contributed by atoms with Crippen LogP contribution in [0.25, 0.3) is 33.6 Å². The minimum Gasteiger partial charge on any atom is -0.464 e.